The molecule has 5 nitrogen and oxygen atoms in total. The lowest BCUT2D eigenvalue weighted by Gasteiger charge is -2.34. The van der Waals surface area contributed by atoms with Gasteiger partial charge in [-0.05, 0) is 44.1 Å². The predicted octanol–water partition coefficient (Wildman–Crippen LogP) is 1.97. The van der Waals surface area contributed by atoms with Crippen LogP contribution in [0.1, 0.15) is 32.1 Å². The second kappa shape index (κ2) is 10.3. The highest BCUT2D eigenvalue weighted by molar-refractivity contribution is 7.98. The highest BCUT2D eigenvalue weighted by Crippen LogP contribution is 2.17. The van der Waals surface area contributed by atoms with E-state index in [0.717, 1.165) is 58.1 Å². The number of hydrogen-bond donors (Lipinski definition) is 1. The van der Waals surface area contributed by atoms with E-state index in [-0.39, 0.29) is 0 Å². The summed E-state index contributed by atoms with van der Waals surface area (Å²) in [6.45, 7) is 4.73. The average Bonchev–Trinajstić information content (AvgIpc) is 3.07. The van der Waals surface area contributed by atoms with Crippen LogP contribution in [0.5, 0.6) is 0 Å². The Bertz CT molecular complexity index is 327. The first-order valence-corrected chi connectivity index (χ1v) is 9.90. The summed E-state index contributed by atoms with van der Waals surface area (Å²) in [4.78, 5) is 6.76. The van der Waals surface area contributed by atoms with Gasteiger partial charge < -0.3 is 19.7 Å². The molecule has 2 saturated heterocycles. The highest BCUT2D eigenvalue weighted by Gasteiger charge is 2.23. The summed E-state index contributed by atoms with van der Waals surface area (Å²) in [5, 5.41) is 3.47. The predicted molar refractivity (Wildman–Crippen MR) is 93.9 cm³/mol. The van der Waals surface area contributed by atoms with E-state index in [9.17, 15) is 0 Å². The maximum Gasteiger partial charge on any atom is 0.193 e. The smallest absolute Gasteiger partial charge is 0.193 e. The van der Waals surface area contributed by atoms with Crippen molar-refractivity contribution in [1.82, 2.24) is 10.2 Å². The molecule has 0 aromatic rings. The van der Waals surface area contributed by atoms with Crippen LogP contribution in [0.3, 0.4) is 0 Å². The minimum atomic E-state index is 0.337. The molecule has 0 aliphatic carbocycles. The Morgan fingerprint density at radius 1 is 1.36 bits per heavy atom. The Morgan fingerprint density at radius 2 is 2.18 bits per heavy atom. The van der Waals surface area contributed by atoms with Crippen molar-refractivity contribution in [2.24, 2.45) is 4.99 Å². The quantitative estimate of drug-likeness (QED) is 0.440. The molecule has 0 amide bonds. The normalized spacial score (nSPS) is 24.0. The van der Waals surface area contributed by atoms with E-state index in [1.165, 1.54) is 18.6 Å². The molecule has 6 heteroatoms. The summed E-state index contributed by atoms with van der Waals surface area (Å²) >= 11 is 1.89. The van der Waals surface area contributed by atoms with Crippen LogP contribution in [0.15, 0.2) is 4.99 Å². The molecule has 1 atom stereocenters. The summed E-state index contributed by atoms with van der Waals surface area (Å²) in [5.41, 5.74) is 0. The number of nitrogens with zero attached hydrogens (tertiary/aromatic N) is 2. The summed E-state index contributed by atoms with van der Waals surface area (Å²) in [5.74, 6) is 2.24. The fourth-order valence-electron chi connectivity index (χ4n) is 3.00. The summed E-state index contributed by atoms with van der Waals surface area (Å²) in [6, 6.07) is 0. The van der Waals surface area contributed by atoms with Crippen LogP contribution in [0, 0.1) is 0 Å². The summed E-state index contributed by atoms with van der Waals surface area (Å²) < 4.78 is 11.6. The maximum absolute atomic E-state index is 6.03. The molecule has 0 bridgehead atoms. The third-order valence-electron chi connectivity index (χ3n) is 4.30. The fraction of sp³-hybridized carbons (Fsp3) is 0.938. The van der Waals surface area contributed by atoms with Crippen LogP contribution < -0.4 is 5.32 Å². The van der Waals surface area contributed by atoms with Gasteiger partial charge in [-0.25, -0.2) is 0 Å². The van der Waals surface area contributed by atoms with Crippen molar-refractivity contribution >= 4 is 17.7 Å². The van der Waals surface area contributed by atoms with Gasteiger partial charge in [0.05, 0.1) is 18.8 Å². The zero-order valence-corrected chi connectivity index (χ0v) is 14.9. The second-order valence-corrected chi connectivity index (χ2v) is 6.96. The zero-order chi connectivity index (χ0) is 15.6. The Kier molecular flexibility index (Phi) is 8.41. The van der Waals surface area contributed by atoms with Crippen molar-refractivity contribution in [3.8, 4) is 0 Å². The van der Waals surface area contributed by atoms with E-state index in [2.05, 4.69) is 21.5 Å². The minimum absolute atomic E-state index is 0.337. The van der Waals surface area contributed by atoms with Gasteiger partial charge in [-0.2, -0.15) is 11.8 Å². The minimum Gasteiger partial charge on any atom is -0.376 e. The molecule has 2 heterocycles. The van der Waals surface area contributed by atoms with Gasteiger partial charge >= 0.3 is 0 Å². The van der Waals surface area contributed by atoms with E-state index in [0.29, 0.717) is 12.2 Å². The second-order valence-electron chi connectivity index (χ2n) is 5.98. The largest absolute Gasteiger partial charge is 0.376 e. The Morgan fingerprint density at radius 3 is 2.82 bits per heavy atom. The number of hydrogen-bond acceptors (Lipinski definition) is 4. The van der Waals surface area contributed by atoms with Crippen molar-refractivity contribution in [1.29, 1.82) is 0 Å². The van der Waals surface area contributed by atoms with Crippen LogP contribution in [0.25, 0.3) is 0 Å². The molecule has 22 heavy (non-hydrogen) atoms. The molecule has 2 rings (SSSR count). The van der Waals surface area contributed by atoms with E-state index >= 15 is 0 Å². The van der Waals surface area contributed by atoms with Gasteiger partial charge in [0.25, 0.3) is 0 Å². The maximum atomic E-state index is 6.03. The molecule has 0 aromatic heterocycles. The van der Waals surface area contributed by atoms with Gasteiger partial charge in [0, 0.05) is 33.3 Å². The van der Waals surface area contributed by atoms with E-state index in [1.54, 1.807) is 0 Å². The van der Waals surface area contributed by atoms with Crippen molar-refractivity contribution < 1.29 is 9.47 Å². The number of ether oxygens (including phenoxy) is 2. The third-order valence-corrected chi connectivity index (χ3v) is 5.00. The van der Waals surface area contributed by atoms with E-state index in [1.807, 2.05) is 18.8 Å². The van der Waals surface area contributed by atoms with Crippen molar-refractivity contribution in [2.45, 2.75) is 44.3 Å². The first kappa shape index (κ1) is 17.9. The number of guanidine groups is 1. The summed E-state index contributed by atoms with van der Waals surface area (Å²) in [7, 11) is 1.87. The molecule has 2 fully saturated rings. The lowest BCUT2D eigenvalue weighted by molar-refractivity contribution is -0.0367. The topological polar surface area (TPSA) is 46.1 Å². The SMILES string of the molecule is CN=C(NCCCSC)N1CCC(OCC2CCCO2)CC1. The van der Waals surface area contributed by atoms with Crippen molar-refractivity contribution in [3.05, 3.63) is 0 Å². The van der Waals surface area contributed by atoms with Crippen molar-refractivity contribution in [2.75, 3.05) is 51.9 Å². The molecule has 1 N–H and O–H groups in total. The molecular formula is C16H31N3O2S. The fourth-order valence-corrected chi connectivity index (χ4v) is 3.44. The van der Waals surface area contributed by atoms with E-state index in [4.69, 9.17) is 9.47 Å². The lowest BCUT2D eigenvalue weighted by atomic mass is 10.1. The van der Waals surface area contributed by atoms with Crippen LogP contribution in [-0.4, -0.2) is 75.0 Å². The molecular weight excluding hydrogens is 298 g/mol. The van der Waals surface area contributed by atoms with Gasteiger partial charge in [0.1, 0.15) is 0 Å². The number of aliphatic imine (C=N–C) groups is 1. The number of piperidine rings is 1. The highest BCUT2D eigenvalue weighted by atomic mass is 32.2. The lowest BCUT2D eigenvalue weighted by Crippen LogP contribution is -2.47. The molecule has 0 spiro atoms. The van der Waals surface area contributed by atoms with Gasteiger partial charge in [-0.1, -0.05) is 0 Å². The van der Waals surface area contributed by atoms with Crippen LogP contribution >= 0.6 is 11.8 Å². The molecule has 0 radical (unpaired) electrons. The Balaban J connectivity index is 1.62. The zero-order valence-electron chi connectivity index (χ0n) is 14.1. The molecule has 2 aliphatic rings. The molecule has 0 saturated carbocycles. The Hall–Kier alpha value is -0.460. The molecule has 1 unspecified atom stereocenters. The van der Waals surface area contributed by atoms with Crippen molar-refractivity contribution in [3.63, 3.8) is 0 Å². The Labute approximate surface area is 139 Å². The first-order chi connectivity index (χ1) is 10.8. The van der Waals surface area contributed by atoms with Gasteiger partial charge in [-0.3, -0.25) is 4.99 Å². The molecule has 2 aliphatic heterocycles. The third kappa shape index (κ3) is 5.97. The summed E-state index contributed by atoms with van der Waals surface area (Å²) in [6.07, 6.45) is 8.56. The van der Waals surface area contributed by atoms with Crippen LogP contribution in [-0.2, 0) is 9.47 Å². The molecule has 128 valence electrons. The van der Waals surface area contributed by atoms with E-state index < -0.39 is 0 Å². The molecule has 0 aromatic carbocycles. The number of thioether (sulfide) groups is 1. The number of nitrogens with one attached hydrogen (secondary N) is 1. The van der Waals surface area contributed by atoms with Crippen LogP contribution in [0.4, 0.5) is 0 Å². The average molecular weight is 330 g/mol. The first-order valence-electron chi connectivity index (χ1n) is 8.51. The standard InChI is InChI=1S/C16H31N3O2S/c1-17-16(18-8-4-12-22-2)19-9-6-14(7-10-19)21-13-15-5-3-11-20-15/h14-15H,3-13H2,1-2H3,(H,17,18). The monoisotopic (exact) mass is 329 g/mol. The van der Waals surface area contributed by atoms with Gasteiger partial charge in [0.2, 0.25) is 0 Å². The number of likely N-dealkylation sites (tertiary alicyclic amines) is 1. The van der Waals surface area contributed by atoms with Crippen LogP contribution in [0.2, 0.25) is 0 Å². The van der Waals surface area contributed by atoms with Gasteiger partial charge in [0.15, 0.2) is 5.96 Å². The number of rotatable bonds is 7. The van der Waals surface area contributed by atoms with Gasteiger partial charge in [-0.15, -0.1) is 0 Å².